The van der Waals surface area contributed by atoms with Crippen LogP contribution in [0.3, 0.4) is 0 Å². The number of likely N-dealkylation sites (tertiary alicyclic amines) is 1. The zero-order valence-corrected chi connectivity index (χ0v) is 16.4. The highest BCUT2D eigenvalue weighted by Gasteiger charge is 2.31. The van der Waals surface area contributed by atoms with Crippen molar-refractivity contribution in [2.24, 2.45) is 5.92 Å². The van der Waals surface area contributed by atoms with Crippen LogP contribution < -0.4 is 14.2 Å². The Kier molecular flexibility index (Phi) is 6.01. The molecule has 4 rings (SSSR count). The molecule has 1 fully saturated rings. The highest BCUT2D eigenvalue weighted by Crippen LogP contribution is 2.37. The van der Waals surface area contributed by atoms with Gasteiger partial charge in [0.1, 0.15) is 11.6 Å². The first-order chi connectivity index (χ1) is 13.7. The number of rotatable bonds is 7. The summed E-state index contributed by atoms with van der Waals surface area (Å²) in [6, 6.07) is 12.7. The molecule has 0 amide bonds. The first-order valence-corrected chi connectivity index (χ1v) is 10.2. The molecule has 0 N–H and O–H groups in total. The van der Waals surface area contributed by atoms with E-state index in [9.17, 15) is 4.39 Å². The number of unbranched alkanes of at least 4 members (excludes halogenated alkanes) is 1. The van der Waals surface area contributed by atoms with Crippen LogP contribution >= 0.6 is 0 Å². The van der Waals surface area contributed by atoms with Crippen molar-refractivity contribution in [1.82, 2.24) is 4.90 Å². The number of hydrogen-bond acceptors (Lipinski definition) is 4. The van der Waals surface area contributed by atoms with Crippen LogP contribution in [0.4, 0.5) is 4.39 Å². The molecule has 2 aliphatic rings. The van der Waals surface area contributed by atoms with Crippen LogP contribution in [0.1, 0.15) is 37.7 Å². The van der Waals surface area contributed by atoms with Gasteiger partial charge in [0.05, 0.1) is 6.61 Å². The van der Waals surface area contributed by atoms with E-state index in [1.165, 1.54) is 18.4 Å². The molecule has 28 heavy (non-hydrogen) atoms. The summed E-state index contributed by atoms with van der Waals surface area (Å²) in [5.41, 5.74) is 1.20. The molecular formula is C23H28FNO3. The summed E-state index contributed by atoms with van der Waals surface area (Å²) in [5, 5.41) is 0. The molecule has 2 aliphatic heterocycles. The summed E-state index contributed by atoms with van der Waals surface area (Å²) in [6.45, 7) is 6.35. The van der Waals surface area contributed by atoms with E-state index >= 15 is 0 Å². The van der Waals surface area contributed by atoms with Gasteiger partial charge in [0.2, 0.25) is 6.79 Å². The SMILES string of the molecule is CCCCN1CC[C@@H](c2ccc(F)cc2)[C@H](COc2ccc3c(c2)OCO3)C1. The summed E-state index contributed by atoms with van der Waals surface area (Å²) in [4.78, 5) is 2.54. The lowest BCUT2D eigenvalue weighted by Crippen LogP contribution is -2.42. The molecule has 0 bridgehead atoms. The Labute approximate surface area is 166 Å². The maximum absolute atomic E-state index is 13.4. The average molecular weight is 385 g/mol. The maximum atomic E-state index is 13.4. The van der Waals surface area contributed by atoms with Gasteiger partial charge in [-0.1, -0.05) is 25.5 Å². The Balaban J connectivity index is 1.46. The van der Waals surface area contributed by atoms with Gasteiger partial charge in [-0.15, -0.1) is 0 Å². The minimum absolute atomic E-state index is 0.183. The first-order valence-electron chi connectivity index (χ1n) is 10.2. The van der Waals surface area contributed by atoms with Crippen molar-refractivity contribution < 1.29 is 18.6 Å². The van der Waals surface area contributed by atoms with Crippen LogP contribution in [-0.2, 0) is 0 Å². The summed E-state index contributed by atoms with van der Waals surface area (Å²) >= 11 is 0. The van der Waals surface area contributed by atoms with Crippen molar-refractivity contribution in [3.8, 4) is 17.2 Å². The van der Waals surface area contributed by atoms with Crippen molar-refractivity contribution in [3.63, 3.8) is 0 Å². The van der Waals surface area contributed by atoms with E-state index in [4.69, 9.17) is 14.2 Å². The maximum Gasteiger partial charge on any atom is 0.231 e. The van der Waals surface area contributed by atoms with Crippen LogP contribution in [0.15, 0.2) is 42.5 Å². The topological polar surface area (TPSA) is 30.9 Å². The fourth-order valence-electron chi connectivity index (χ4n) is 4.18. The number of piperidine rings is 1. The molecule has 1 saturated heterocycles. The molecule has 0 aliphatic carbocycles. The van der Waals surface area contributed by atoms with Gasteiger partial charge in [-0.25, -0.2) is 4.39 Å². The Hall–Kier alpha value is -2.27. The smallest absolute Gasteiger partial charge is 0.231 e. The predicted molar refractivity (Wildman–Crippen MR) is 107 cm³/mol. The molecular weight excluding hydrogens is 357 g/mol. The molecule has 150 valence electrons. The Bertz CT molecular complexity index is 780. The van der Waals surface area contributed by atoms with E-state index in [0.717, 1.165) is 43.3 Å². The van der Waals surface area contributed by atoms with Gasteiger partial charge in [0.15, 0.2) is 11.5 Å². The second kappa shape index (κ2) is 8.82. The van der Waals surface area contributed by atoms with Crippen LogP contribution in [0.5, 0.6) is 17.2 Å². The normalized spacial score (nSPS) is 21.6. The summed E-state index contributed by atoms with van der Waals surface area (Å²) in [6.07, 6.45) is 3.50. The Morgan fingerprint density at radius 2 is 1.93 bits per heavy atom. The van der Waals surface area contributed by atoms with Crippen LogP contribution in [0.25, 0.3) is 0 Å². The third-order valence-electron chi connectivity index (χ3n) is 5.75. The van der Waals surface area contributed by atoms with Crippen molar-refractivity contribution in [1.29, 1.82) is 0 Å². The summed E-state index contributed by atoms with van der Waals surface area (Å²) < 4.78 is 30.4. The monoisotopic (exact) mass is 385 g/mol. The first kappa shape index (κ1) is 19.1. The highest BCUT2D eigenvalue weighted by atomic mass is 19.1. The lowest BCUT2D eigenvalue weighted by Gasteiger charge is -2.38. The Morgan fingerprint density at radius 3 is 2.75 bits per heavy atom. The highest BCUT2D eigenvalue weighted by molar-refractivity contribution is 5.46. The number of nitrogens with zero attached hydrogens (tertiary/aromatic N) is 1. The fraction of sp³-hybridized carbons (Fsp3) is 0.478. The van der Waals surface area contributed by atoms with Gasteiger partial charge >= 0.3 is 0 Å². The van der Waals surface area contributed by atoms with Gasteiger partial charge < -0.3 is 19.1 Å². The molecule has 2 aromatic carbocycles. The van der Waals surface area contributed by atoms with Gasteiger partial charge in [-0.05, 0) is 61.7 Å². The second-order valence-corrected chi connectivity index (χ2v) is 7.69. The number of benzene rings is 2. The number of fused-ring (bicyclic) bond motifs is 1. The molecule has 4 nitrogen and oxygen atoms in total. The largest absolute Gasteiger partial charge is 0.493 e. The molecule has 2 heterocycles. The summed E-state index contributed by atoms with van der Waals surface area (Å²) in [5.74, 6) is 2.86. The number of ether oxygens (including phenoxy) is 3. The molecule has 0 aromatic heterocycles. The molecule has 0 saturated carbocycles. The lowest BCUT2D eigenvalue weighted by atomic mass is 9.80. The van der Waals surface area contributed by atoms with Crippen LogP contribution in [0.2, 0.25) is 0 Å². The minimum atomic E-state index is -0.183. The van der Waals surface area contributed by atoms with Crippen LogP contribution in [-0.4, -0.2) is 37.9 Å². The lowest BCUT2D eigenvalue weighted by molar-refractivity contribution is 0.110. The Morgan fingerprint density at radius 1 is 1.11 bits per heavy atom. The van der Waals surface area contributed by atoms with Crippen molar-refractivity contribution in [3.05, 3.63) is 53.8 Å². The van der Waals surface area contributed by atoms with E-state index in [-0.39, 0.29) is 12.6 Å². The molecule has 2 atom stereocenters. The molecule has 5 heteroatoms. The minimum Gasteiger partial charge on any atom is -0.493 e. The molecule has 0 unspecified atom stereocenters. The van der Waals surface area contributed by atoms with E-state index < -0.39 is 0 Å². The van der Waals surface area contributed by atoms with E-state index in [1.807, 2.05) is 30.3 Å². The zero-order valence-electron chi connectivity index (χ0n) is 16.4. The van der Waals surface area contributed by atoms with Gasteiger partial charge in [0, 0.05) is 18.5 Å². The van der Waals surface area contributed by atoms with Gasteiger partial charge in [-0.2, -0.15) is 0 Å². The van der Waals surface area contributed by atoms with E-state index in [2.05, 4.69) is 11.8 Å². The average Bonchev–Trinajstić information content (AvgIpc) is 3.19. The van der Waals surface area contributed by atoms with E-state index in [0.29, 0.717) is 18.4 Å². The second-order valence-electron chi connectivity index (χ2n) is 7.69. The third kappa shape index (κ3) is 4.41. The van der Waals surface area contributed by atoms with E-state index in [1.54, 1.807) is 12.1 Å². The standard InChI is InChI=1S/C23H28FNO3/c1-2-3-11-25-12-10-21(17-4-6-19(24)7-5-17)18(14-25)15-26-20-8-9-22-23(13-20)28-16-27-22/h4-9,13,18,21H,2-3,10-12,14-16H2,1H3/t18-,21-/m0/s1. The third-order valence-corrected chi connectivity index (χ3v) is 5.75. The quantitative estimate of drug-likeness (QED) is 0.682. The number of halogens is 1. The van der Waals surface area contributed by atoms with Gasteiger partial charge in [-0.3, -0.25) is 0 Å². The summed E-state index contributed by atoms with van der Waals surface area (Å²) in [7, 11) is 0. The fourth-order valence-corrected chi connectivity index (χ4v) is 4.18. The van der Waals surface area contributed by atoms with Crippen LogP contribution in [0, 0.1) is 11.7 Å². The van der Waals surface area contributed by atoms with Crippen molar-refractivity contribution in [2.45, 2.75) is 32.1 Å². The van der Waals surface area contributed by atoms with Gasteiger partial charge in [0.25, 0.3) is 0 Å². The number of hydrogen-bond donors (Lipinski definition) is 0. The molecule has 2 aromatic rings. The zero-order chi connectivity index (χ0) is 19.3. The molecule has 0 spiro atoms. The molecule has 0 radical (unpaired) electrons. The predicted octanol–water partition coefficient (Wildman–Crippen LogP) is 4.84. The van der Waals surface area contributed by atoms with Crippen molar-refractivity contribution >= 4 is 0 Å². The van der Waals surface area contributed by atoms with Crippen molar-refractivity contribution in [2.75, 3.05) is 33.0 Å².